The lowest BCUT2D eigenvalue weighted by atomic mass is 10.0. The molecule has 3 aromatic rings. The zero-order valence-electron chi connectivity index (χ0n) is 14.9. The van der Waals surface area contributed by atoms with Crippen molar-refractivity contribution in [2.75, 3.05) is 18.0 Å². The molecule has 0 aromatic heterocycles. The first-order valence-electron chi connectivity index (χ1n) is 8.92. The molecule has 4 nitrogen and oxygen atoms in total. The van der Waals surface area contributed by atoms with E-state index in [0.717, 1.165) is 20.9 Å². The molecular weight excluding hydrogens is 404 g/mol. The summed E-state index contributed by atoms with van der Waals surface area (Å²) < 4.78 is 0.920. The third-order valence-electron chi connectivity index (χ3n) is 5.06. The molecule has 3 aromatic carbocycles. The SMILES string of the molecule is CC1C(=O)N(c2cccc3ccccc23)CCN1C(=O)c1ccc(Br)cc1. The number of carbonyl (C=O) groups is 2. The minimum atomic E-state index is -0.506. The number of anilines is 1. The molecule has 1 saturated heterocycles. The fourth-order valence-electron chi connectivity index (χ4n) is 3.59. The molecule has 27 heavy (non-hydrogen) atoms. The molecule has 1 unspecified atom stereocenters. The van der Waals surface area contributed by atoms with Gasteiger partial charge in [0.25, 0.3) is 5.91 Å². The van der Waals surface area contributed by atoms with E-state index in [0.29, 0.717) is 18.7 Å². The second-order valence-electron chi connectivity index (χ2n) is 6.67. The summed E-state index contributed by atoms with van der Waals surface area (Å²) in [6.07, 6.45) is 0. The number of hydrogen-bond donors (Lipinski definition) is 0. The van der Waals surface area contributed by atoms with Crippen LogP contribution in [0.4, 0.5) is 5.69 Å². The van der Waals surface area contributed by atoms with Gasteiger partial charge in [0, 0.05) is 28.5 Å². The van der Waals surface area contributed by atoms with Crippen LogP contribution >= 0.6 is 15.9 Å². The Balaban J connectivity index is 1.61. The Morgan fingerprint density at radius 1 is 0.963 bits per heavy atom. The first-order valence-corrected chi connectivity index (χ1v) is 9.71. The second-order valence-corrected chi connectivity index (χ2v) is 7.59. The zero-order valence-corrected chi connectivity index (χ0v) is 16.5. The van der Waals surface area contributed by atoms with Crippen LogP contribution in [0, 0.1) is 0 Å². The molecule has 0 saturated carbocycles. The highest BCUT2D eigenvalue weighted by atomic mass is 79.9. The maximum atomic E-state index is 13.1. The summed E-state index contributed by atoms with van der Waals surface area (Å²) in [7, 11) is 0. The van der Waals surface area contributed by atoms with Gasteiger partial charge >= 0.3 is 0 Å². The number of hydrogen-bond acceptors (Lipinski definition) is 2. The largest absolute Gasteiger partial charge is 0.325 e. The molecule has 0 aliphatic carbocycles. The predicted octanol–water partition coefficient (Wildman–Crippen LogP) is 4.48. The topological polar surface area (TPSA) is 40.6 Å². The molecule has 1 atom stereocenters. The molecule has 0 bridgehead atoms. The monoisotopic (exact) mass is 422 g/mol. The van der Waals surface area contributed by atoms with E-state index in [-0.39, 0.29) is 11.8 Å². The molecule has 1 fully saturated rings. The van der Waals surface area contributed by atoms with Crippen molar-refractivity contribution in [2.24, 2.45) is 0 Å². The van der Waals surface area contributed by atoms with Crippen LogP contribution in [0.25, 0.3) is 10.8 Å². The van der Waals surface area contributed by atoms with Crippen molar-refractivity contribution in [3.8, 4) is 0 Å². The van der Waals surface area contributed by atoms with Gasteiger partial charge in [0.05, 0.1) is 5.69 Å². The van der Waals surface area contributed by atoms with Gasteiger partial charge in [0.1, 0.15) is 6.04 Å². The van der Waals surface area contributed by atoms with Gasteiger partial charge in [-0.1, -0.05) is 52.3 Å². The maximum absolute atomic E-state index is 13.1. The first-order chi connectivity index (χ1) is 13.1. The number of rotatable bonds is 2. The normalized spacial score (nSPS) is 17.4. The van der Waals surface area contributed by atoms with Crippen molar-refractivity contribution < 1.29 is 9.59 Å². The number of carbonyl (C=O) groups excluding carboxylic acids is 2. The Labute approximate surface area is 166 Å². The molecule has 0 N–H and O–H groups in total. The summed E-state index contributed by atoms with van der Waals surface area (Å²) in [4.78, 5) is 29.4. The highest BCUT2D eigenvalue weighted by Crippen LogP contribution is 2.29. The van der Waals surface area contributed by atoms with Crippen molar-refractivity contribution in [1.82, 2.24) is 4.90 Å². The van der Waals surface area contributed by atoms with Gasteiger partial charge in [-0.3, -0.25) is 9.59 Å². The Hall–Kier alpha value is -2.66. The average Bonchev–Trinajstić information content (AvgIpc) is 2.70. The number of piperazine rings is 1. The molecule has 0 spiro atoms. The zero-order chi connectivity index (χ0) is 19.0. The van der Waals surface area contributed by atoms with E-state index in [1.807, 2.05) is 54.6 Å². The highest BCUT2D eigenvalue weighted by Gasteiger charge is 2.35. The third kappa shape index (κ3) is 3.23. The van der Waals surface area contributed by atoms with Crippen molar-refractivity contribution in [3.05, 3.63) is 76.8 Å². The number of fused-ring (bicyclic) bond motifs is 1. The van der Waals surface area contributed by atoms with Crippen LogP contribution in [-0.4, -0.2) is 35.8 Å². The van der Waals surface area contributed by atoms with Crippen molar-refractivity contribution >= 4 is 44.2 Å². The minimum absolute atomic E-state index is 0.0527. The lowest BCUT2D eigenvalue weighted by Crippen LogP contribution is -2.57. The van der Waals surface area contributed by atoms with E-state index in [1.54, 1.807) is 28.9 Å². The molecule has 1 heterocycles. The highest BCUT2D eigenvalue weighted by molar-refractivity contribution is 9.10. The Morgan fingerprint density at radius 3 is 2.44 bits per heavy atom. The van der Waals surface area contributed by atoms with Crippen molar-refractivity contribution in [1.29, 1.82) is 0 Å². The van der Waals surface area contributed by atoms with Crippen molar-refractivity contribution in [3.63, 3.8) is 0 Å². The maximum Gasteiger partial charge on any atom is 0.254 e. The number of amides is 2. The second kappa shape index (κ2) is 7.16. The van der Waals surface area contributed by atoms with Gasteiger partial charge in [-0.05, 0) is 42.6 Å². The van der Waals surface area contributed by atoms with E-state index in [2.05, 4.69) is 15.9 Å². The van der Waals surface area contributed by atoms with Gasteiger partial charge in [-0.2, -0.15) is 0 Å². The molecule has 1 aliphatic heterocycles. The van der Waals surface area contributed by atoms with Crippen LogP contribution in [0.5, 0.6) is 0 Å². The van der Waals surface area contributed by atoms with Crippen LogP contribution < -0.4 is 4.90 Å². The predicted molar refractivity (Wildman–Crippen MR) is 111 cm³/mol. The lowest BCUT2D eigenvalue weighted by molar-refractivity contribution is -0.124. The lowest BCUT2D eigenvalue weighted by Gasteiger charge is -2.39. The third-order valence-corrected chi connectivity index (χ3v) is 5.59. The standard InChI is InChI=1S/C22H19BrN2O2/c1-15-21(26)25(20-8-4-6-16-5-2-3-7-19(16)20)14-13-24(15)22(27)17-9-11-18(23)12-10-17/h2-12,15H,13-14H2,1H3. The van der Waals surface area contributed by atoms with Crippen LogP contribution in [0.2, 0.25) is 0 Å². The molecule has 2 amide bonds. The van der Waals surface area contributed by atoms with E-state index in [1.165, 1.54) is 0 Å². The Morgan fingerprint density at radius 2 is 1.67 bits per heavy atom. The molecule has 1 aliphatic rings. The van der Waals surface area contributed by atoms with Gasteiger partial charge in [-0.15, -0.1) is 0 Å². The average molecular weight is 423 g/mol. The summed E-state index contributed by atoms with van der Waals surface area (Å²) >= 11 is 3.38. The minimum Gasteiger partial charge on any atom is -0.325 e. The fraction of sp³-hybridized carbons (Fsp3) is 0.182. The molecule has 136 valence electrons. The summed E-state index contributed by atoms with van der Waals surface area (Å²) in [5.41, 5.74) is 1.50. The van der Waals surface area contributed by atoms with E-state index in [9.17, 15) is 9.59 Å². The molecule has 5 heteroatoms. The number of benzene rings is 3. The van der Waals surface area contributed by atoms with E-state index < -0.39 is 6.04 Å². The van der Waals surface area contributed by atoms with Crippen LogP contribution in [0.15, 0.2) is 71.2 Å². The summed E-state index contributed by atoms with van der Waals surface area (Å²) in [5, 5.41) is 2.15. The smallest absolute Gasteiger partial charge is 0.254 e. The molecular formula is C22H19BrN2O2. The van der Waals surface area contributed by atoms with Gasteiger partial charge in [0.15, 0.2) is 0 Å². The number of nitrogens with zero attached hydrogens (tertiary/aromatic N) is 2. The van der Waals surface area contributed by atoms with Crippen LogP contribution in [0.3, 0.4) is 0 Å². The Bertz CT molecular complexity index is 1010. The van der Waals surface area contributed by atoms with E-state index >= 15 is 0 Å². The fourth-order valence-corrected chi connectivity index (χ4v) is 3.85. The summed E-state index contributed by atoms with van der Waals surface area (Å²) in [5.74, 6) is -0.163. The van der Waals surface area contributed by atoms with Gasteiger partial charge in [-0.25, -0.2) is 0 Å². The quantitative estimate of drug-likeness (QED) is 0.610. The van der Waals surface area contributed by atoms with Gasteiger partial charge in [0.2, 0.25) is 5.91 Å². The van der Waals surface area contributed by atoms with Crippen molar-refractivity contribution in [2.45, 2.75) is 13.0 Å². The number of halogens is 1. The summed E-state index contributed by atoms with van der Waals surface area (Å²) in [6, 6.07) is 20.8. The van der Waals surface area contributed by atoms with Gasteiger partial charge < -0.3 is 9.80 Å². The Kier molecular flexibility index (Phi) is 4.70. The molecule has 0 radical (unpaired) electrons. The molecule has 4 rings (SSSR count). The van der Waals surface area contributed by atoms with Crippen LogP contribution in [-0.2, 0) is 4.79 Å². The van der Waals surface area contributed by atoms with Crippen LogP contribution in [0.1, 0.15) is 17.3 Å². The summed E-state index contributed by atoms with van der Waals surface area (Å²) in [6.45, 7) is 2.79. The van der Waals surface area contributed by atoms with E-state index in [4.69, 9.17) is 0 Å². The first kappa shape index (κ1) is 17.7.